The topological polar surface area (TPSA) is 95.9 Å². The number of allylic oxidation sites excluding steroid dienone is 5. The fourth-order valence-corrected chi connectivity index (χ4v) is 9.63. The molecule has 3 N–H and O–H groups in total. The normalized spacial score (nSPS) is 12.8. The van der Waals surface area contributed by atoms with Crippen molar-refractivity contribution in [3.05, 3.63) is 36.5 Å². The van der Waals surface area contributed by atoms with Crippen LogP contribution in [-0.4, -0.2) is 47.4 Å². The van der Waals surface area contributed by atoms with Gasteiger partial charge in [0.2, 0.25) is 5.91 Å². The van der Waals surface area contributed by atoms with Crippen molar-refractivity contribution < 1.29 is 24.5 Å². The lowest BCUT2D eigenvalue weighted by atomic mass is 10.0. The molecule has 2 unspecified atom stereocenters. The maximum absolute atomic E-state index is 12.5. The van der Waals surface area contributed by atoms with E-state index in [4.69, 9.17) is 4.74 Å². The molecular weight excluding hydrogens is 863 g/mol. The predicted molar refractivity (Wildman–Crippen MR) is 306 cm³/mol. The summed E-state index contributed by atoms with van der Waals surface area (Å²) in [5, 5.41) is 23.2. The van der Waals surface area contributed by atoms with E-state index in [0.29, 0.717) is 19.4 Å². The molecule has 0 aromatic heterocycles. The summed E-state index contributed by atoms with van der Waals surface area (Å²) in [4.78, 5) is 24.6. The number of amides is 1. The minimum atomic E-state index is -0.860. The molecule has 0 fully saturated rings. The van der Waals surface area contributed by atoms with Gasteiger partial charge in [-0.1, -0.05) is 294 Å². The molecule has 0 bridgehead atoms. The maximum Gasteiger partial charge on any atom is 0.305 e. The van der Waals surface area contributed by atoms with Crippen LogP contribution in [0.25, 0.3) is 0 Å². The quantitative estimate of drug-likeness (QED) is 0.0244. The third-order valence-electron chi connectivity index (χ3n) is 14.4. The second-order valence-electron chi connectivity index (χ2n) is 21.4. The maximum atomic E-state index is 12.5. The van der Waals surface area contributed by atoms with Crippen LogP contribution in [0.1, 0.15) is 335 Å². The van der Waals surface area contributed by atoms with Gasteiger partial charge < -0.3 is 20.3 Å². The highest BCUT2D eigenvalue weighted by atomic mass is 16.5. The van der Waals surface area contributed by atoms with Gasteiger partial charge in [-0.3, -0.25) is 9.59 Å². The average Bonchev–Trinajstić information content (AvgIpc) is 3.36. The summed E-state index contributed by atoms with van der Waals surface area (Å²) in [5.41, 5.74) is 0. The first-order valence-electron chi connectivity index (χ1n) is 31.3. The monoisotopic (exact) mass is 984 g/mol. The number of esters is 1. The number of ether oxygens (including phenoxy) is 1. The molecule has 70 heavy (non-hydrogen) atoms. The van der Waals surface area contributed by atoms with Crippen molar-refractivity contribution in [3.63, 3.8) is 0 Å². The molecule has 0 rings (SSSR count). The second kappa shape index (κ2) is 59.6. The van der Waals surface area contributed by atoms with Crippen LogP contribution in [0.3, 0.4) is 0 Å². The van der Waals surface area contributed by atoms with Crippen LogP contribution in [-0.2, 0) is 14.3 Å². The molecule has 0 aliphatic rings. The fourth-order valence-electron chi connectivity index (χ4n) is 9.63. The van der Waals surface area contributed by atoms with Crippen LogP contribution in [0.5, 0.6) is 0 Å². The molecule has 6 nitrogen and oxygen atoms in total. The van der Waals surface area contributed by atoms with Crippen molar-refractivity contribution in [1.29, 1.82) is 0 Å². The summed E-state index contributed by atoms with van der Waals surface area (Å²) in [7, 11) is 0. The third kappa shape index (κ3) is 55.4. The van der Waals surface area contributed by atoms with Crippen LogP contribution >= 0.6 is 0 Å². The van der Waals surface area contributed by atoms with E-state index >= 15 is 0 Å². The molecule has 0 radical (unpaired) electrons. The highest BCUT2D eigenvalue weighted by Gasteiger charge is 2.18. The number of aliphatic hydroxyl groups is 2. The van der Waals surface area contributed by atoms with E-state index in [0.717, 1.165) is 77.0 Å². The Morgan fingerprint density at radius 3 is 1.06 bits per heavy atom. The second-order valence-corrected chi connectivity index (χ2v) is 21.4. The molecule has 6 heteroatoms. The first kappa shape index (κ1) is 68.1. The number of hydrogen-bond acceptors (Lipinski definition) is 5. The van der Waals surface area contributed by atoms with Crippen molar-refractivity contribution in [2.24, 2.45) is 0 Å². The Labute approximate surface area is 436 Å². The van der Waals surface area contributed by atoms with Crippen molar-refractivity contribution in [2.75, 3.05) is 13.2 Å². The molecule has 0 heterocycles. The number of nitrogens with one attached hydrogen (secondary N) is 1. The van der Waals surface area contributed by atoms with Crippen molar-refractivity contribution in [3.8, 4) is 0 Å². The molecule has 0 aliphatic heterocycles. The van der Waals surface area contributed by atoms with Crippen LogP contribution in [0.4, 0.5) is 0 Å². The molecule has 0 saturated carbocycles. The lowest BCUT2D eigenvalue weighted by Crippen LogP contribution is -2.45. The summed E-state index contributed by atoms with van der Waals surface area (Å²) < 4.78 is 5.46. The summed E-state index contributed by atoms with van der Waals surface area (Å²) >= 11 is 0. The number of hydrogen-bond donors (Lipinski definition) is 3. The first-order chi connectivity index (χ1) is 34.5. The van der Waals surface area contributed by atoms with Crippen molar-refractivity contribution >= 4 is 11.9 Å². The Hall–Kier alpha value is -1.92. The molecule has 0 spiro atoms. The van der Waals surface area contributed by atoms with Crippen LogP contribution in [0.2, 0.25) is 0 Å². The third-order valence-corrected chi connectivity index (χ3v) is 14.4. The molecule has 2 atom stereocenters. The Kier molecular flexibility index (Phi) is 58.0. The zero-order chi connectivity index (χ0) is 50.7. The largest absolute Gasteiger partial charge is 0.466 e. The van der Waals surface area contributed by atoms with Gasteiger partial charge in [0.1, 0.15) is 0 Å². The van der Waals surface area contributed by atoms with Gasteiger partial charge in [-0.15, -0.1) is 0 Å². The lowest BCUT2D eigenvalue weighted by Gasteiger charge is -2.20. The minimum absolute atomic E-state index is 0.0185. The molecule has 0 aromatic rings. The van der Waals surface area contributed by atoms with E-state index in [2.05, 4.69) is 43.5 Å². The molecule has 0 saturated heterocycles. The molecule has 0 aliphatic carbocycles. The highest BCUT2D eigenvalue weighted by molar-refractivity contribution is 5.76. The Morgan fingerprint density at radius 1 is 0.400 bits per heavy atom. The highest BCUT2D eigenvalue weighted by Crippen LogP contribution is 2.17. The minimum Gasteiger partial charge on any atom is -0.466 e. The van der Waals surface area contributed by atoms with Gasteiger partial charge in [0, 0.05) is 12.8 Å². The van der Waals surface area contributed by atoms with Gasteiger partial charge in [0.15, 0.2) is 0 Å². The Morgan fingerprint density at radius 2 is 0.700 bits per heavy atom. The van der Waals surface area contributed by atoms with Gasteiger partial charge >= 0.3 is 5.97 Å². The van der Waals surface area contributed by atoms with Crippen molar-refractivity contribution in [1.82, 2.24) is 5.32 Å². The van der Waals surface area contributed by atoms with Crippen LogP contribution in [0, 0.1) is 0 Å². The van der Waals surface area contributed by atoms with E-state index < -0.39 is 12.1 Å². The summed E-state index contributed by atoms with van der Waals surface area (Å²) in [5.74, 6) is -0.106. The SMILES string of the molecule is CCCCCCCCCCCCCCCCCCCCC/C=C/C(O)C(CO)NC(=O)CCCCCCCC/C=C\C=C/CCCCCOC(=O)CCCCCCCCCCCCCCCCCCC. The van der Waals surface area contributed by atoms with E-state index in [9.17, 15) is 19.8 Å². The van der Waals surface area contributed by atoms with E-state index in [1.165, 1.54) is 231 Å². The lowest BCUT2D eigenvalue weighted by molar-refractivity contribution is -0.143. The number of carbonyl (C=O) groups excluding carboxylic acids is 2. The fraction of sp³-hybridized carbons (Fsp3) is 0.875. The zero-order valence-electron chi connectivity index (χ0n) is 47.0. The zero-order valence-corrected chi connectivity index (χ0v) is 47.0. The van der Waals surface area contributed by atoms with E-state index in [1.807, 2.05) is 6.08 Å². The average molecular weight is 985 g/mol. The number of aliphatic hydroxyl groups excluding tert-OH is 2. The van der Waals surface area contributed by atoms with E-state index in [1.54, 1.807) is 6.08 Å². The standard InChI is InChI=1S/C64H121NO5/c1-3-5-7-9-11-13-15-17-19-21-22-23-24-26-28-32-36-40-44-48-52-56-62(67)61(60-66)65-63(68)57-53-49-45-41-37-33-29-27-31-35-39-43-47-51-55-59-70-64(69)58-54-50-46-42-38-34-30-25-20-18-16-14-12-10-8-6-4-2/h27,31,35,39,52,56,61-62,66-67H,3-26,28-30,32-34,36-38,40-51,53-55,57-60H2,1-2H3,(H,65,68)/b31-27-,39-35-,56-52+. The smallest absolute Gasteiger partial charge is 0.305 e. The van der Waals surface area contributed by atoms with Gasteiger partial charge in [0.05, 0.1) is 25.4 Å². The molecule has 0 aromatic carbocycles. The summed E-state index contributed by atoms with van der Waals surface area (Å²) in [6, 6.07) is -0.646. The Bertz CT molecular complexity index is 1130. The molecule has 412 valence electrons. The van der Waals surface area contributed by atoms with Gasteiger partial charge in [-0.2, -0.15) is 0 Å². The van der Waals surface area contributed by atoms with Gasteiger partial charge in [0.25, 0.3) is 0 Å². The molecule has 1 amide bonds. The van der Waals surface area contributed by atoms with Crippen LogP contribution in [0.15, 0.2) is 36.5 Å². The first-order valence-corrected chi connectivity index (χ1v) is 31.3. The summed E-state index contributed by atoms with van der Waals surface area (Å²) in [6.45, 7) is 4.87. The van der Waals surface area contributed by atoms with E-state index in [-0.39, 0.29) is 18.5 Å². The number of rotatable bonds is 58. The Balaban J connectivity index is 3.52. The van der Waals surface area contributed by atoms with Gasteiger partial charge in [-0.25, -0.2) is 0 Å². The van der Waals surface area contributed by atoms with Crippen molar-refractivity contribution in [2.45, 2.75) is 347 Å². The summed E-state index contributed by atoms with van der Waals surface area (Å²) in [6.07, 6.45) is 74.7. The number of unbranched alkanes of at least 4 members (excludes halogenated alkanes) is 44. The van der Waals surface area contributed by atoms with Gasteiger partial charge in [-0.05, 0) is 64.2 Å². The van der Waals surface area contributed by atoms with Crippen LogP contribution < -0.4 is 5.32 Å². The predicted octanol–water partition coefficient (Wildman–Crippen LogP) is 19.6. The molecular formula is C64H121NO5. The number of carbonyl (C=O) groups is 2.